The van der Waals surface area contributed by atoms with E-state index >= 15 is 0 Å². The van der Waals surface area contributed by atoms with Gasteiger partial charge >= 0.3 is 5.97 Å². The Labute approximate surface area is 225 Å². The van der Waals surface area contributed by atoms with Crippen molar-refractivity contribution in [3.63, 3.8) is 0 Å². The number of nitrogens with zero attached hydrogens (tertiary/aromatic N) is 2. The Bertz CT molecular complexity index is 1650. The standard InChI is InChI=1S/C30H24Cl2N2O3/c1-4-36-30(35)26-25(19-8-6-5-7-9-19)23-15-22(31)12-13-24(23)33-29(26)37-16-21-14-20-11-10-17(2)18(3)27(20)34-28(21)32/h5-15H,4,16H2,1-3H3. The lowest BCUT2D eigenvalue weighted by Crippen LogP contribution is -2.12. The van der Waals surface area contributed by atoms with Crippen molar-refractivity contribution >= 4 is 51.0 Å². The van der Waals surface area contributed by atoms with E-state index in [2.05, 4.69) is 11.1 Å². The van der Waals surface area contributed by atoms with Gasteiger partial charge in [0.15, 0.2) is 0 Å². The third-order valence-corrected chi connectivity index (χ3v) is 6.92. The largest absolute Gasteiger partial charge is 0.472 e. The third-order valence-electron chi connectivity index (χ3n) is 6.36. The van der Waals surface area contributed by atoms with Crippen molar-refractivity contribution in [1.82, 2.24) is 9.97 Å². The summed E-state index contributed by atoms with van der Waals surface area (Å²) in [5, 5.41) is 2.57. The predicted octanol–water partition coefficient (Wildman–Crippen LogP) is 8.13. The number of hydrogen-bond donors (Lipinski definition) is 0. The van der Waals surface area contributed by atoms with Gasteiger partial charge in [0.05, 0.1) is 17.6 Å². The average Bonchev–Trinajstić information content (AvgIpc) is 2.90. The SMILES string of the molecule is CCOC(=O)c1c(OCc2cc3ccc(C)c(C)c3nc2Cl)nc2ccc(Cl)cc2c1-c1ccccc1. The molecule has 5 nitrogen and oxygen atoms in total. The van der Waals surface area contributed by atoms with Crippen LogP contribution in [-0.2, 0) is 11.3 Å². The first-order chi connectivity index (χ1) is 17.9. The van der Waals surface area contributed by atoms with Crippen molar-refractivity contribution < 1.29 is 14.3 Å². The molecular weight excluding hydrogens is 507 g/mol. The molecule has 0 aliphatic heterocycles. The second-order valence-corrected chi connectivity index (χ2v) is 9.52. The van der Waals surface area contributed by atoms with Crippen molar-refractivity contribution in [3.05, 3.63) is 99.2 Å². The fraction of sp³-hybridized carbons (Fsp3) is 0.167. The smallest absolute Gasteiger partial charge is 0.344 e. The van der Waals surface area contributed by atoms with Crippen LogP contribution < -0.4 is 4.74 Å². The Balaban J connectivity index is 1.66. The number of hydrogen-bond acceptors (Lipinski definition) is 5. The first kappa shape index (κ1) is 25.0. The highest BCUT2D eigenvalue weighted by Crippen LogP contribution is 2.38. The van der Waals surface area contributed by atoms with E-state index in [0.29, 0.717) is 26.8 Å². The van der Waals surface area contributed by atoms with Gasteiger partial charge < -0.3 is 9.47 Å². The number of pyridine rings is 2. The highest BCUT2D eigenvalue weighted by Gasteiger charge is 2.25. The summed E-state index contributed by atoms with van der Waals surface area (Å²) in [6.45, 7) is 6.11. The molecule has 0 N–H and O–H groups in total. The van der Waals surface area contributed by atoms with Crippen LogP contribution in [0, 0.1) is 13.8 Å². The second kappa shape index (κ2) is 10.4. The van der Waals surface area contributed by atoms with Gasteiger partial charge in [0.25, 0.3) is 0 Å². The summed E-state index contributed by atoms with van der Waals surface area (Å²) in [5.74, 6) is -0.372. The van der Waals surface area contributed by atoms with Crippen LogP contribution in [0.1, 0.15) is 34.0 Å². The van der Waals surface area contributed by atoms with E-state index in [9.17, 15) is 4.79 Å². The van der Waals surface area contributed by atoms with Crippen LogP contribution in [-0.4, -0.2) is 22.5 Å². The highest BCUT2D eigenvalue weighted by atomic mass is 35.5. The number of carbonyl (C=O) groups excluding carboxylic acids is 1. The monoisotopic (exact) mass is 530 g/mol. The summed E-state index contributed by atoms with van der Waals surface area (Å²) in [4.78, 5) is 22.6. The van der Waals surface area contributed by atoms with Gasteiger partial charge in [0, 0.05) is 26.9 Å². The molecule has 0 atom stereocenters. The molecule has 0 bridgehead atoms. The number of benzene rings is 3. The van der Waals surface area contributed by atoms with Gasteiger partial charge in [-0.05, 0) is 61.7 Å². The van der Waals surface area contributed by atoms with E-state index < -0.39 is 5.97 Å². The maximum atomic E-state index is 13.3. The molecule has 0 fully saturated rings. The maximum absolute atomic E-state index is 13.3. The molecule has 186 valence electrons. The molecule has 0 aliphatic rings. The van der Waals surface area contributed by atoms with Crippen molar-refractivity contribution in [3.8, 4) is 17.0 Å². The fourth-order valence-corrected chi connectivity index (χ4v) is 4.73. The minimum atomic E-state index is -0.528. The minimum absolute atomic E-state index is 0.0709. The number of halogens is 2. The molecule has 0 saturated carbocycles. The summed E-state index contributed by atoms with van der Waals surface area (Å²) in [6.07, 6.45) is 0. The molecule has 0 amide bonds. The van der Waals surface area contributed by atoms with E-state index in [0.717, 1.165) is 33.0 Å². The summed E-state index contributed by atoms with van der Waals surface area (Å²) < 4.78 is 11.6. The Morgan fingerprint density at radius 3 is 2.49 bits per heavy atom. The Kier molecular flexibility index (Phi) is 7.00. The molecule has 0 radical (unpaired) electrons. The minimum Gasteiger partial charge on any atom is -0.472 e. The summed E-state index contributed by atoms with van der Waals surface area (Å²) >= 11 is 12.9. The van der Waals surface area contributed by atoms with Gasteiger partial charge in [0.2, 0.25) is 5.88 Å². The zero-order chi connectivity index (χ0) is 26.1. The third kappa shape index (κ3) is 4.85. The maximum Gasteiger partial charge on any atom is 0.344 e. The first-order valence-electron chi connectivity index (χ1n) is 11.9. The van der Waals surface area contributed by atoms with Crippen molar-refractivity contribution in [2.45, 2.75) is 27.4 Å². The van der Waals surface area contributed by atoms with Gasteiger partial charge in [0.1, 0.15) is 17.3 Å². The van der Waals surface area contributed by atoms with Crippen LogP contribution in [0.2, 0.25) is 10.2 Å². The first-order valence-corrected chi connectivity index (χ1v) is 12.7. The van der Waals surface area contributed by atoms with Crippen LogP contribution in [0.5, 0.6) is 5.88 Å². The lowest BCUT2D eigenvalue weighted by atomic mass is 9.96. The topological polar surface area (TPSA) is 61.3 Å². The molecule has 2 heterocycles. The predicted molar refractivity (Wildman–Crippen MR) is 149 cm³/mol. The van der Waals surface area contributed by atoms with Crippen molar-refractivity contribution in [2.75, 3.05) is 6.61 Å². The van der Waals surface area contributed by atoms with Crippen LogP contribution >= 0.6 is 23.2 Å². The Hall–Kier alpha value is -3.67. The van der Waals surface area contributed by atoms with E-state index in [-0.39, 0.29) is 24.7 Å². The molecule has 7 heteroatoms. The summed E-state index contributed by atoms with van der Waals surface area (Å²) in [7, 11) is 0. The molecule has 0 spiro atoms. The lowest BCUT2D eigenvalue weighted by molar-refractivity contribution is 0.0521. The van der Waals surface area contributed by atoms with Crippen LogP contribution in [0.15, 0.2) is 66.7 Å². The zero-order valence-electron chi connectivity index (χ0n) is 20.6. The highest BCUT2D eigenvalue weighted by molar-refractivity contribution is 6.31. The molecule has 2 aromatic heterocycles. The normalized spacial score (nSPS) is 11.2. The van der Waals surface area contributed by atoms with Crippen molar-refractivity contribution in [2.24, 2.45) is 0 Å². The molecule has 5 rings (SSSR count). The van der Waals surface area contributed by atoms with Gasteiger partial charge in [-0.15, -0.1) is 0 Å². The average molecular weight is 531 g/mol. The van der Waals surface area contributed by atoms with E-state index in [1.807, 2.05) is 62.4 Å². The van der Waals surface area contributed by atoms with E-state index in [1.165, 1.54) is 0 Å². The molecular formula is C30H24Cl2N2O3. The number of carbonyl (C=O) groups is 1. The Morgan fingerprint density at radius 1 is 0.946 bits per heavy atom. The Morgan fingerprint density at radius 2 is 1.73 bits per heavy atom. The number of ether oxygens (including phenoxy) is 2. The second-order valence-electron chi connectivity index (χ2n) is 8.72. The van der Waals surface area contributed by atoms with Gasteiger partial charge in [-0.25, -0.2) is 14.8 Å². The molecule has 3 aromatic carbocycles. The molecule has 0 aliphatic carbocycles. The van der Waals surface area contributed by atoms with Gasteiger partial charge in [-0.2, -0.15) is 0 Å². The fourth-order valence-electron chi connectivity index (χ4n) is 4.37. The van der Waals surface area contributed by atoms with Crippen LogP contribution in [0.4, 0.5) is 0 Å². The molecule has 37 heavy (non-hydrogen) atoms. The zero-order valence-corrected chi connectivity index (χ0v) is 22.2. The van der Waals surface area contributed by atoms with E-state index in [4.69, 9.17) is 37.7 Å². The van der Waals surface area contributed by atoms with Gasteiger partial charge in [-0.1, -0.05) is 65.7 Å². The lowest BCUT2D eigenvalue weighted by Gasteiger charge is -2.17. The number of rotatable bonds is 6. The summed E-state index contributed by atoms with van der Waals surface area (Å²) in [6, 6.07) is 21.0. The quantitative estimate of drug-likeness (QED) is 0.164. The number of fused-ring (bicyclic) bond motifs is 2. The van der Waals surface area contributed by atoms with Crippen molar-refractivity contribution in [1.29, 1.82) is 0 Å². The number of esters is 1. The number of aryl methyl sites for hydroxylation is 2. The van der Waals surface area contributed by atoms with E-state index in [1.54, 1.807) is 19.1 Å². The van der Waals surface area contributed by atoms with Gasteiger partial charge in [-0.3, -0.25) is 0 Å². The number of aromatic nitrogens is 2. The van der Waals surface area contributed by atoms with Crippen LogP contribution in [0.3, 0.4) is 0 Å². The molecule has 5 aromatic rings. The van der Waals surface area contributed by atoms with Crippen LogP contribution in [0.25, 0.3) is 32.9 Å². The molecule has 0 unspecified atom stereocenters. The summed E-state index contributed by atoms with van der Waals surface area (Å²) in [5.41, 5.74) is 6.11. The molecule has 0 saturated heterocycles.